The summed E-state index contributed by atoms with van der Waals surface area (Å²) in [7, 11) is 0. The average Bonchev–Trinajstić information content (AvgIpc) is 3.16. The van der Waals surface area contributed by atoms with Crippen LogP contribution in [0.5, 0.6) is 5.75 Å². The van der Waals surface area contributed by atoms with Crippen molar-refractivity contribution in [2.45, 2.75) is 13.8 Å². The van der Waals surface area contributed by atoms with E-state index in [0.29, 0.717) is 11.6 Å². The first-order valence-electron chi connectivity index (χ1n) is 9.39. The second-order valence-corrected chi connectivity index (χ2v) is 6.88. The van der Waals surface area contributed by atoms with E-state index >= 15 is 0 Å². The summed E-state index contributed by atoms with van der Waals surface area (Å²) in [5.74, 6) is 0.972. The van der Waals surface area contributed by atoms with Gasteiger partial charge in [0.1, 0.15) is 17.4 Å². The minimum Gasteiger partial charge on any atom is -0.484 e. The third-order valence-corrected chi connectivity index (χ3v) is 4.80. The van der Waals surface area contributed by atoms with E-state index in [0.717, 1.165) is 22.0 Å². The lowest BCUT2D eigenvalue weighted by Gasteiger charge is -2.11. The van der Waals surface area contributed by atoms with Gasteiger partial charge in [-0.3, -0.25) is 4.79 Å². The smallest absolute Gasteiger partial charge is 0.263 e. The molecule has 0 saturated carbocycles. The van der Waals surface area contributed by atoms with Gasteiger partial charge < -0.3 is 10.1 Å². The Hall–Kier alpha value is -4.18. The molecule has 0 atom stereocenters. The Labute approximate surface area is 173 Å². The molecular weight excluding hydrogens is 378 g/mol. The number of aryl methyl sites for hydroxylation is 2. The molecule has 4 aromatic rings. The SMILES string of the molecule is Cc1ccc(OCC(=O)Nc2c(C#N)cnn2-c2ccc3ccccc3n2)cc1C. The van der Waals surface area contributed by atoms with Gasteiger partial charge in [-0.25, -0.2) is 4.98 Å². The fraction of sp³-hybridized carbons (Fsp3) is 0.130. The van der Waals surface area contributed by atoms with Crippen LogP contribution in [0.15, 0.2) is 60.8 Å². The zero-order valence-corrected chi connectivity index (χ0v) is 16.6. The number of carbonyl (C=O) groups is 1. The average molecular weight is 397 g/mol. The van der Waals surface area contributed by atoms with Crippen molar-refractivity contribution in [2.24, 2.45) is 0 Å². The zero-order valence-electron chi connectivity index (χ0n) is 16.6. The molecule has 2 aromatic carbocycles. The first kappa shape index (κ1) is 19.2. The molecule has 7 heteroatoms. The van der Waals surface area contributed by atoms with Crippen molar-refractivity contribution < 1.29 is 9.53 Å². The van der Waals surface area contributed by atoms with Crippen molar-refractivity contribution in [3.8, 4) is 17.6 Å². The van der Waals surface area contributed by atoms with Crippen LogP contribution in [0, 0.1) is 25.2 Å². The summed E-state index contributed by atoms with van der Waals surface area (Å²) in [4.78, 5) is 17.1. The quantitative estimate of drug-likeness (QED) is 0.551. The van der Waals surface area contributed by atoms with Crippen LogP contribution < -0.4 is 10.1 Å². The molecule has 1 amide bonds. The Morgan fingerprint density at radius 1 is 1.13 bits per heavy atom. The van der Waals surface area contributed by atoms with E-state index in [1.165, 1.54) is 10.9 Å². The third kappa shape index (κ3) is 3.84. The summed E-state index contributed by atoms with van der Waals surface area (Å²) in [6.07, 6.45) is 1.40. The number of nitriles is 1. The third-order valence-electron chi connectivity index (χ3n) is 4.80. The van der Waals surface area contributed by atoms with Crippen molar-refractivity contribution in [1.29, 1.82) is 5.26 Å². The van der Waals surface area contributed by atoms with E-state index in [1.807, 2.05) is 68.4 Å². The van der Waals surface area contributed by atoms with E-state index < -0.39 is 5.91 Å². The number of ether oxygens (including phenoxy) is 1. The first-order chi connectivity index (χ1) is 14.5. The van der Waals surface area contributed by atoms with Crippen LogP contribution in [0.25, 0.3) is 16.7 Å². The van der Waals surface area contributed by atoms with Gasteiger partial charge in [-0.05, 0) is 55.3 Å². The largest absolute Gasteiger partial charge is 0.484 e. The summed E-state index contributed by atoms with van der Waals surface area (Å²) in [5.41, 5.74) is 3.27. The maximum absolute atomic E-state index is 12.5. The number of anilines is 1. The predicted octanol–water partition coefficient (Wildman–Crippen LogP) is 3.93. The van der Waals surface area contributed by atoms with Crippen LogP contribution in [0.4, 0.5) is 5.82 Å². The predicted molar refractivity (Wildman–Crippen MR) is 114 cm³/mol. The number of amides is 1. The number of nitrogens with zero attached hydrogens (tertiary/aromatic N) is 4. The van der Waals surface area contributed by atoms with Crippen molar-refractivity contribution >= 4 is 22.6 Å². The Morgan fingerprint density at radius 3 is 2.77 bits per heavy atom. The van der Waals surface area contributed by atoms with Gasteiger partial charge in [0.05, 0.1) is 11.7 Å². The van der Waals surface area contributed by atoms with Crippen LogP contribution in [0.1, 0.15) is 16.7 Å². The number of rotatable bonds is 5. The van der Waals surface area contributed by atoms with Gasteiger partial charge in [0.15, 0.2) is 18.2 Å². The van der Waals surface area contributed by atoms with E-state index in [1.54, 1.807) is 6.07 Å². The lowest BCUT2D eigenvalue weighted by atomic mass is 10.1. The highest BCUT2D eigenvalue weighted by Crippen LogP contribution is 2.21. The lowest BCUT2D eigenvalue weighted by Crippen LogP contribution is -2.22. The maximum Gasteiger partial charge on any atom is 0.263 e. The molecule has 0 aliphatic rings. The van der Waals surface area contributed by atoms with E-state index in [-0.39, 0.29) is 18.0 Å². The van der Waals surface area contributed by atoms with Crippen molar-refractivity contribution in [3.05, 3.63) is 77.5 Å². The number of para-hydroxylation sites is 1. The number of carbonyl (C=O) groups excluding carboxylic acids is 1. The highest BCUT2D eigenvalue weighted by atomic mass is 16.5. The Kier molecular flexibility index (Phi) is 5.14. The maximum atomic E-state index is 12.5. The second-order valence-electron chi connectivity index (χ2n) is 6.88. The molecule has 30 heavy (non-hydrogen) atoms. The fourth-order valence-electron chi connectivity index (χ4n) is 3.02. The highest BCUT2D eigenvalue weighted by Gasteiger charge is 2.16. The van der Waals surface area contributed by atoms with Crippen molar-refractivity contribution in [1.82, 2.24) is 14.8 Å². The van der Waals surface area contributed by atoms with Crippen LogP contribution >= 0.6 is 0 Å². The standard InChI is InChI=1S/C23H19N5O2/c1-15-7-9-19(11-16(15)2)30-14-22(29)27-23-18(12-24)13-25-28(23)21-10-8-17-5-3-4-6-20(17)26-21/h3-11,13H,14H2,1-2H3,(H,27,29). The van der Waals surface area contributed by atoms with Gasteiger partial charge in [-0.2, -0.15) is 15.0 Å². The molecule has 0 spiro atoms. The van der Waals surface area contributed by atoms with Crippen molar-refractivity contribution in [2.75, 3.05) is 11.9 Å². The number of hydrogen-bond acceptors (Lipinski definition) is 5. The minimum atomic E-state index is -0.396. The molecule has 7 nitrogen and oxygen atoms in total. The van der Waals surface area contributed by atoms with Gasteiger partial charge in [0.25, 0.3) is 5.91 Å². The van der Waals surface area contributed by atoms with Crippen LogP contribution in [0.3, 0.4) is 0 Å². The van der Waals surface area contributed by atoms with Crippen LogP contribution in [0.2, 0.25) is 0 Å². The summed E-state index contributed by atoms with van der Waals surface area (Å²) in [6.45, 7) is 3.80. The topological polar surface area (TPSA) is 92.8 Å². The minimum absolute atomic E-state index is 0.191. The van der Waals surface area contributed by atoms with E-state index in [4.69, 9.17) is 4.74 Å². The van der Waals surface area contributed by atoms with Gasteiger partial charge in [-0.1, -0.05) is 24.3 Å². The number of nitrogens with one attached hydrogen (secondary N) is 1. The number of fused-ring (bicyclic) bond motifs is 1. The summed E-state index contributed by atoms with van der Waals surface area (Å²) in [6, 6.07) is 19.1. The molecule has 4 rings (SSSR count). The van der Waals surface area contributed by atoms with E-state index in [9.17, 15) is 10.1 Å². The van der Waals surface area contributed by atoms with E-state index in [2.05, 4.69) is 15.4 Å². The monoisotopic (exact) mass is 397 g/mol. The molecule has 0 saturated heterocycles. The number of benzene rings is 2. The molecule has 1 N–H and O–H groups in total. The molecule has 2 heterocycles. The Balaban J connectivity index is 1.56. The molecule has 148 valence electrons. The van der Waals surface area contributed by atoms with Gasteiger partial charge in [0.2, 0.25) is 0 Å². The van der Waals surface area contributed by atoms with Gasteiger partial charge >= 0.3 is 0 Å². The lowest BCUT2D eigenvalue weighted by molar-refractivity contribution is -0.118. The fourth-order valence-corrected chi connectivity index (χ4v) is 3.02. The molecule has 2 aromatic heterocycles. The molecule has 0 radical (unpaired) electrons. The highest BCUT2D eigenvalue weighted by molar-refractivity contribution is 5.92. The first-order valence-corrected chi connectivity index (χ1v) is 9.39. The van der Waals surface area contributed by atoms with Gasteiger partial charge in [-0.15, -0.1) is 0 Å². The Bertz CT molecular complexity index is 1290. The number of pyridine rings is 1. The summed E-state index contributed by atoms with van der Waals surface area (Å²) < 4.78 is 7.03. The molecule has 0 bridgehead atoms. The molecule has 0 fully saturated rings. The normalized spacial score (nSPS) is 10.6. The molecule has 0 aliphatic heterocycles. The summed E-state index contributed by atoms with van der Waals surface area (Å²) in [5, 5.41) is 17.4. The molecular formula is C23H19N5O2. The van der Waals surface area contributed by atoms with Crippen molar-refractivity contribution in [3.63, 3.8) is 0 Å². The zero-order chi connectivity index (χ0) is 21.1. The van der Waals surface area contributed by atoms with Crippen LogP contribution in [-0.4, -0.2) is 27.3 Å². The second kappa shape index (κ2) is 8.05. The van der Waals surface area contributed by atoms with Gasteiger partial charge in [0, 0.05) is 5.39 Å². The summed E-state index contributed by atoms with van der Waals surface area (Å²) >= 11 is 0. The number of hydrogen-bond donors (Lipinski definition) is 1. The number of aromatic nitrogens is 3. The molecule has 0 aliphatic carbocycles. The molecule has 0 unspecified atom stereocenters. The van der Waals surface area contributed by atoms with Crippen LogP contribution in [-0.2, 0) is 4.79 Å². The Morgan fingerprint density at radius 2 is 1.97 bits per heavy atom.